The van der Waals surface area contributed by atoms with Crippen molar-refractivity contribution in [2.45, 2.75) is 25.4 Å². The van der Waals surface area contributed by atoms with E-state index in [9.17, 15) is 26.4 Å². The van der Waals surface area contributed by atoms with Crippen LogP contribution in [0.5, 0.6) is 0 Å². The lowest BCUT2D eigenvalue weighted by Crippen LogP contribution is -2.50. The van der Waals surface area contributed by atoms with Crippen LogP contribution in [0.2, 0.25) is 10.0 Å². The van der Waals surface area contributed by atoms with Crippen LogP contribution in [-0.2, 0) is 10.2 Å². The van der Waals surface area contributed by atoms with Crippen molar-refractivity contribution in [1.29, 1.82) is 5.26 Å². The Labute approximate surface area is 185 Å². The maximum atomic E-state index is 14.3. The molecule has 0 amide bonds. The molecule has 0 N–H and O–H groups in total. The molecule has 1 aliphatic heterocycles. The molecular formula is C17H14Cl2F3N5O3S. The Kier molecular flexibility index (Phi) is 6.80. The standard InChI is InChI=1S/C17H14Cl2F3N5O3S/c18-12-9-24-26(16(28)15(12)19)11-3-5-25(6-4-11)31(29,30)27(17(21)22)14-2-1-10(8-23)7-13(14)20/h1-2,7,9,11,17H,3-6H2. The van der Waals surface area contributed by atoms with Crippen molar-refractivity contribution in [2.24, 2.45) is 0 Å². The summed E-state index contributed by atoms with van der Waals surface area (Å²) < 4.78 is 68.9. The summed E-state index contributed by atoms with van der Waals surface area (Å²) in [6, 6.07) is 3.64. The van der Waals surface area contributed by atoms with Crippen LogP contribution in [0.15, 0.2) is 29.2 Å². The summed E-state index contributed by atoms with van der Waals surface area (Å²) in [5.74, 6) is -1.27. The highest BCUT2D eigenvalue weighted by Crippen LogP contribution is 2.31. The minimum Gasteiger partial charge on any atom is -0.266 e. The highest BCUT2D eigenvalue weighted by Gasteiger charge is 2.39. The average molecular weight is 496 g/mol. The number of halogens is 5. The van der Waals surface area contributed by atoms with Crippen molar-refractivity contribution < 1.29 is 21.6 Å². The van der Waals surface area contributed by atoms with E-state index in [1.807, 2.05) is 0 Å². The molecule has 1 aromatic carbocycles. The lowest BCUT2D eigenvalue weighted by Gasteiger charge is -2.35. The molecule has 8 nitrogen and oxygen atoms in total. The first-order chi connectivity index (χ1) is 14.6. The third-order valence-electron chi connectivity index (χ3n) is 4.74. The van der Waals surface area contributed by atoms with Crippen LogP contribution >= 0.6 is 23.2 Å². The van der Waals surface area contributed by atoms with E-state index in [2.05, 4.69) is 5.10 Å². The number of alkyl halides is 2. The molecule has 0 atom stereocenters. The summed E-state index contributed by atoms with van der Waals surface area (Å²) in [7, 11) is -4.81. The Morgan fingerprint density at radius 3 is 2.45 bits per heavy atom. The monoisotopic (exact) mass is 495 g/mol. The molecule has 3 rings (SSSR count). The number of benzene rings is 1. The van der Waals surface area contributed by atoms with Crippen molar-refractivity contribution >= 4 is 39.1 Å². The number of nitrogens with zero attached hydrogens (tertiary/aromatic N) is 5. The fourth-order valence-electron chi connectivity index (χ4n) is 3.21. The van der Waals surface area contributed by atoms with Gasteiger partial charge in [0.1, 0.15) is 10.8 Å². The number of nitriles is 1. The second kappa shape index (κ2) is 9.04. The van der Waals surface area contributed by atoms with E-state index < -0.39 is 39.9 Å². The zero-order chi connectivity index (χ0) is 22.9. The summed E-state index contributed by atoms with van der Waals surface area (Å²) >= 11 is 11.6. The first-order valence-corrected chi connectivity index (χ1v) is 10.9. The second-order valence-electron chi connectivity index (χ2n) is 6.55. The van der Waals surface area contributed by atoms with Crippen LogP contribution in [0.4, 0.5) is 18.9 Å². The Hall–Kier alpha value is -2.33. The third-order valence-corrected chi connectivity index (χ3v) is 7.36. The molecule has 1 aliphatic rings. The zero-order valence-corrected chi connectivity index (χ0v) is 17.9. The van der Waals surface area contributed by atoms with Gasteiger partial charge >= 0.3 is 16.8 Å². The van der Waals surface area contributed by atoms with E-state index in [4.69, 9.17) is 28.5 Å². The third kappa shape index (κ3) is 4.50. The molecule has 0 unspecified atom stereocenters. The van der Waals surface area contributed by atoms with Crippen molar-refractivity contribution in [1.82, 2.24) is 14.1 Å². The average Bonchev–Trinajstić information content (AvgIpc) is 2.73. The van der Waals surface area contributed by atoms with Gasteiger partial charge in [-0.15, -0.1) is 0 Å². The summed E-state index contributed by atoms with van der Waals surface area (Å²) in [6.07, 6.45) is 1.34. The normalized spacial score (nSPS) is 15.8. The van der Waals surface area contributed by atoms with Gasteiger partial charge in [-0.2, -0.15) is 36.2 Å². The number of aromatic nitrogens is 2. The number of piperidine rings is 1. The van der Waals surface area contributed by atoms with Crippen molar-refractivity contribution in [2.75, 3.05) is 17.4 Å². The fourth-order valence-corrected chi connectivity index (χ4v) is 4.99. The van der Waals surface area contributed by atoms with Crippen LogP contribution in [0.25, 0.3) is 0 Å². The molecule has 31 heavy (non-hydrogen) atoms. The summed E-state index contributed by atoms with van der Waals surface area (Å²) in [4.78, 5) is 12.2. The first kappa shape index (κ1) is 23.3. The van der Waals surface area contributed by atoms with Gasteiger partial charge in [0.05, 0.1) is 34.6 Å². The van der Waals surface area contributed by atoms with Gasteiger partial charge < -0.3 is 0 Å². The van der Waals surface area contributed by atoms with Crippen LogP contribution in [0.3, 0.4) is 0 Å². The molecule has 1 fully saturated rings. The van der Waals surface area contributed by atoms with E-state index >= 15 is 0 Å². The van der Waals surface area contributed by atoms with Gasteiger partial charge in [0, 0.05) is 13.1 Å². The highest BCUT2D eigenvalue weighted by atomic mass is 35.5. The number of hydrogen-bond acceptors (Lipinski definition) is 5. The quantitative estimate of drug-likeness (QED) is 0.593. The van der Waals surface area contributed by atoms with Crippen molar-refractivity contribution in [3.05, 3.63) is 56.2 Å². The van der Waals surface area contributed by atoms with Gasteiger partial charge in [0.25, 0.3) is 5.56 Å². The molecular weight excluding hydrogens is 482 g/mol. The lowest BCUT2D eigenvalue weighted by molar-refractivity contribution is 0.157. The number of hydrogen-bond donors (Lipinski definition) is 0. The Morgan fingerprint density at radius 2 is 1.90 bits per heavy atom. The molecule has 0 saturated carbocycles. The zero-order valence-electron chi connectivity index (χ0n) is 15.6. The Bertz CT molecular complexity index is 1190. The molecule has 14 heteroatoms. The van der Waals surface area contributed by atoms with Gasteiger partial charge in [0.2, 0.25) is 0 Å². The van der Waals surface area contributed by atoms with Crippen LogP contribution in [0, 0.1) is 17.1 Å². The summed E-state index contributed by atoms with van der Waals surface area (Å²) in [6.45, 7) is -4.00. The van der Waals surface area contributed by atoms with Crippen molar-refractivity contribution in [3.63, 3.8) is 0 Å². The SMILES string of the molecule is N#Cc1ccc(N(C(F)F)S(=O)(=O)N2CCC(n3ncc(Cl)c(Cl)c3=O)CC2)c(F)c1. The molecule has 2 heterocycles. The summed E-state index contributed by atoms with van der Waals surface area (Å²) in [5, 5.41) is 12.4. The van der Waals surface area contributed by atoms with E-state index in [1.165, 1.54) is 6.20 Å². The number of anilines is 1. The maximum absolute atomic E-state index is 14.3. The van der Waals surface area contributed by atoms with Crippen molar-refractivity contribution in [3.8, 4) is 6.07 Å². The Balaban J connectivity index is 1.85. The summed E-state index contributed by atoms with van der Waals surface area (Å²) in [5.41, 5.74) is -1.67. The predicted molar refractivity (Wildman–Crippen MR) is 107 cm³/mol. The number of rotatable bonds is 5. The first-order valence-electron chi connectivity index (χ1n) is 8.78. The molecule has 2 aromatic rings. The van der Waals surface area contributed by atoms with Gasteiger partial charge in [-0.05, 0) is 31.0 Å². The maximum Gasteiger partial charge on any atom is 0.329 e. The Morgan fingerprint density at radius 1 is 1.26 bits per heavy atom. The van der Waals surface area contributed by atoms with E-state index in [0.717, 1.165) is 21.1 Å². The van der Waals surface area contributed by atoms with E-state index in [0.29, 0.717) is 6.07 Å². The largest absolute Gasteiger partial charge is 0.329 e. The van der Waals surface area contributed by atoms with Gasteiger partial charge in [0.15, 0.2) is 0 Å². The predicted octanol–water partition coefficient (Wildman–Crippen LogP) is 3.17. The van der Waals surface area contributed by atoms with E-state index in [1.54, 1.807) is 6.07 Å². The van der Waals surface area contributed by atoms with Crippen LogP contribution < -0.4 is 9.86 Å². The molecule has 0 bridgehead atoms. The van der Waals surface area contributed by atoms with Crippen LogP contribution in [0.1, 0.15) is 24.4 Å². The molecule has 1 aromatic heterocycles. The minimum atomic E-state index is -4.81. The minimum absolute atomic E-state index is 0.0278. The molecule has 0 aliphatic carbocycles. The topological polar surface area (TPSA) is 99.3 Å². The van der Waals surface area contributed by atoms with Gasteiger partial charge in [-0.1, -0.05) is 23.2 Å². The van der Waals surface area contributed by atoms with Gasteiger partial charge in [-0.3, -0.25) is 4.79 Å². The second-order valence-corrected chi connectivity index (χ2v) is 9.14. The smallest absolute Gasteiger partial charge is 0.266 e. The van der Waals surface area contributed by atoms with E-state index in [-0.39, 0.29) is 45.8 Å². The molecule has 0 radical (unpaired) electrons. The molecule has 0 spiro atoms. The lowest BCUT2D eigenvalue weighted by atomic mass is 10.1. The molecule has 1 saturated heterocycles. The fraction of sp³-hybridized carbons (Fsp3) is 0.353. The highest BCUT2D eigenvalue weighted by molar-refractivity contribution is 7.90. The van der Waals surface area contributed by atoms with Gasteiger partial charge in [-0.25, -0.2) is 9.07 Å². The van der Waals surface area contributed by atoms with Crippen LogP contribution in [-0.4, -0.2) is 42.1 Å². The molecule has 166 valence electrons.